The van der Waals surface area contributed by atoms with Crippen molar-refractivity contribution in [2.45, 2.75) is 30.4 Å². The number of hydrogen-bond acceptors (Lipinski definition) is 5. The summed E-state index contributed by atoms with van der Waals surface area (Å²) in [5.41, 5.74) is 9.24. The van der Waals surface area contributed by atoms with E-state index in [2.05, 4.69) is 42.3 Å². The fourth-order valence-corrected chi connectivity index (χ4v) is 4.41. The summed E-state index contributed by atoms with van der Waals surface area (Å²) in [7, 11) is 0. The van der Waals surface area contributed by atoms with Crippen molar-refractivity contribution in [2.75, 3.05) is 0 Å². The number of carbonyl (C=O) groups excluding carboxylic acids is 1. The third-order valence-corrected chi connectivity index (χ3v) is 6.65. The standard InChI is InChI=1S/C21H23N3OS2/c1-4-14(2)15(3)23-24-20(25)17-11-9-16(10-12-17)13-26-21-22-18-7-5-6-8-19(18)27-21/h5-12,14,23H,3-4,13H2,1-2H3,(H,24,25)/t14-/m1/s1. The average molecular weight is 398 g/mol. The predicted octanol–water partition coefficient (Wildman–Crippen LogP) is 5.38. The van der Waals surface area contributed by atoms with Gasteiger partial charge in [0.2, 0.25) is 0 Å². The van der Waals surface area contributed by atoms with Gasteiger partial charge in [-0.1, -0.05) is 56.5 Å². The van der Waals surface area contributed by atoms with Crippen LogP contribution in [-0.4, -0.2) is 10.9 Å². The van der Waals surface area contributed by atoms with Crippen LogP contribution in [0.5, 0.6) is 0 Å². The number of thioether (sulfide) groups is 1. The molecule has 0 unspecified atom stereocenters. The molecule has 0 aliphatic carbocycles. The Morgan fingerprint density at radius 3 is 2.63 bits per heavy atom. The van der Waals surface area contributed by atoms with Gasteiger partial charge in [0.25, 0.3) is 5.91 Å². The quantitative estimate of drug-likeness (QED) is 0.396. The van der Waals surface area contributed by atoms with Crippen molar-refractivity contribution in [3.8, 4) is 0 Å². The highest BCUT2D eigenvalue weighted by Gasteiger charge is 2.09. The normalized spacial score (nSPS) is 11.9. The monoisotopic (exact) mass is 397 g/mol. The largest absolute Gasteiger partial charge is 0.303 e. The third kappa shape index (κ3) is 5.11. The summed E-state index contributed by atoms with van der Waals surface area (Å²) >= 11 is 3.43. The minimum Gasteiger partial charge on any atom is -0.303 e. The van der Waals surface area contributed by atoms with Crippen LogP contribution < -0.4 is 10.9 Å². The summed E-state index contributed by atoms with van der Waals surface area (Å²) in [4.78, 5) is 16.9. The number of hydrazine groups is 1. The molecule has 0 radical (unpaired) electrons. The second kappa shape index (κ2) is 9.06. The molecule has 0 fully saturated rings. The maximum atomic E-state index is 12.2. The first-order chi connectivity index (χ1) is 13.1. The molecule has 1 aromatic heterocycles. The van der Waals surface area contributed by atoms with E-state index in [1.807, 2.05) is 42.5 Å². The summed E-state index contributed by atoms with van der Waals surface area (Å²) in [6, 6.07) is 15.8. The fraction of sp³-hybridized carbons (Fsp3) is 0.238. The number of fused-ring (bicyclic) bond motifs is 1. The van der Waals surface area contributed by atoms with E-state index < -0.39 is 0 Å². The first-order valence-corrected chi connectivity index (χ1v) is 10.7. The molecular formula is C21H23N3OS2. The molecule has 140 valence electrons. The van der Waals surface area contributed by atoms with Crippen molar-refractivity contribution in [3.05, 3.63) is 71.9 Å². The molecule has 3 aromatic rings. The molecule has 0 bridgehead atoms. The second-order valence-corrected chi connectivity index (χ2v) is 8.60. The molecule has 0 saturated carbocycles. The number of aromatic nitrogens is 1. The summed E-state index contributed by atoms with van der Waals surface area (Å²) in [6.07, 6.45) is 0.975. The van der Waals surface area contributed by atoms with Gasteiger partial charge in [-0.05, 0) is 42.2 Å². The van der Waals surface area contributed by atoms with Gasteiger partial charge in [-0.15, -0.1) is 11.3 Å². The first-order valence-electron chi connectivity index (χ1n) is 8.89. The summed E-state index contributed by atoms with van der Waals surface area (Å²) < 4.78 is 2.27. The van der Waals surface area contributed by atoms with Crippen LogP contribution in [0.15, 0.2) is 65.1 Å². The van der Waals surface area contributed by atoms with Gasteiger partial charge in [0.1, 0.15) is 0 Å². The van der Waals surface area contributed by atoms with Crippen molar-refractivity contribution in [1.29, 1.82) is 0 Å². The Bertz CT molecular complexity index is 901. The van der Waals surface area contributed by atoms with Crippen LogP contribution in [-0.2, 0) is 5.75 Å². The number of para-hydroxylation sites is 1. The van der Waals surface area contributed by atoms with Crippen LogP contribution >= 0.6 is 23.1 Å². The number of allylic oxidation sites excluding steroid dienone is 1. The molecule has 27 heavy (non-hydrogen) atoms. The van der Waals surface area contributed by atoms with Gasteiger partial charge in [-0.3, -0.25) is 10.2 Å². The molecule has 4 nitrogen and oxygen atoms in total. The van der Waals surface area contributed by atoms with E-state index in [9.17, 15) is 4.79 Å². The summed E-state index contributed by atoms with van der Waals surface area (Å²) in [5.74, 6) is 0.974. The van der Waals surface area contributed by atoms with Crippen LogP contribution in [0.2, 0.25) is 0 Å². The SMILES string of the molecule is C=C(NNC(=O)c1ccc(CSc2nc3ccccc3s2)cc1)[C@H](C)CC. The zero-order valence-electron chi connectivity index (χ0n) is 15.5. The van der Waals surface area contributed by atoms with E-state index >= 15 is 0 Å². The molecule has 1 heterocycles. The Hall–Kier alpha value is -2.31. The Labute approximate surface area is 168 Å². The number of carbonyl (C=O) groups is 1. The van der Waals surface area contributed by atoms with E-state index in [0.717, 1.165) is 33.3 Å². The third-order valence-electron chi connectivity index (χ3n) is 4.40. The average Bonchev–Trinajstić information content (AvgIpc) is 3.13. The Balaban J connectivity index is 1.53. The number of nitrogens with zero attached hydrogens (tertiary/aromatic N) is 1. The van der Waals surface area contributed by atoms with E-state index in [1.165, 1.54) is 4.70 Å². The lowest BCUT2D eigenvalue weighted by Crippen LogP contribution is -2.37. The number of nitrogens with one attached hydrogen (secondary N) is 2. The van der Waals surface area contributed by atoms with E-state index in [1.54, 1.807) is 23.1 Å². The highest BCUT2D eigenvalue weighted by Crippen LogP contribution is 2.31. The molecule has 3 rings (SSSR count). The van der Waals surface area contributed by atoms with Gasteiger partial charge in [0, 0.05) is 17.0 Å². The number of amides is 1. The van der Waals surface area contributed by atoms with Crippen molar-refractivity contribution in [3.63, 3.8) is 0 Å². The van der Waals surface area contributed by atoms with Gasteiger partial charge in [-0.25, -0.2) is 4.98 Å². The lowest BCUT2D eigenvalue weighted by Gasteiger charge is -2.15. The maximum Gasteiger partial charge on any atom is 0.269 e. The zero-order valence-corrected chi connectivity index (χ0v) is 17.1. The highest BCUT2D eigenvalue weighted by atomic mass is 32.2. The van der Waals surface area contributed by atoms with E-state index in [4.69, 9.17) is 0 Å². The van der Waals surface area contributed by atoms with E-state index in [0.29, 0.717) is 11.5 Å². The number of hydrogen-bond donors (Lipinski definition) is 2. The highest BCUT2D eigenvalue weighted by molar-refractivity contribution is 8.00. The smallest absolute Gasteiger partial charge is 0.269 e. The Morgan fingerprint density at radius 2 is 1.93 bits per heavy atom. The Morgan fingerprint density at radius 1 is 1.19 bits per heavy atom. The number of benzene rings is 2. The number of rotatable bonds is 8. The van der Waals surface area contributed by atoms with Gasteiger partial charge in [0.15, 0.2) is 4.34 Å². The molecule has 2 N–H and O–H groups in total. The second-order valence-electron chi connectivity index (χ2n) is 6.35. The molecule has 0 aliphatic heterocycles. The van der Waals surface area contributed by atoms with Crippen LogP contribution in [0.3, 0.4) is 0 Å². The van der Waals surface area contributed by atoms with Crippen molar-refractivity contribution in [1.82, 2.24) is 15.8 Å². The molecule has 0 spiro atoms. The maximum absolute atomic E-state index is 12.2. The molecule has 1 amide bonds. The molecule has 0 saturated heterocycles. The molecule has 6 heteroatoms. The van der Waals surface area contributed by atoms with Crippen LogP contribution in [0.1, 0.15) is 36.2 Å². The minimum atomic E-state index is -0.162. The van der Waals surface area contributed by atoms with Gasteiger partial charge >= 0.3 is 0 Å². The van der Waals surface area contributed by atoms with Crippen LogP contribution in [0, 0.1) is 5.92 Å². The fourth-order valence-electron chi connectivity index (χ4n) is 2.39. The zero-order chi connectivity index (χ0) is 19.2. The van der Waals surface area contributed by atoms with Crippen molar-refractivity contribution >= 4 is 39.2 Å². The van der Waals surface area contributed by atoms with Gasteiger partial charge in [0.05, 0.1) is 10.2 Å². The summed E-state index contributed by atoms with van der Waals surface area (Å²) in [6.45, 7) is 8.10. The predicted molar refractivity (Wildman–Crippen MR) is 115 cm³/mol. The van der Waals surface area contributed by atoms with Crippen LogP contribution in [0.25, 0.3) is 10.2 Å². The van der Waals surface area contributed by atoms with Gasteiger partial charge in [-0.2, -0.15) is 0 Å². The lowest BCUT2D eigenvalue weighted by atomic mass is 10.1. The molecule has 0 aliphatic rings. The molecular weight excluding hydrogens is 374 g/mol. The topological polar surface area (TPSA) is 54.0 Å². The van der Waals surface area contributed by atoms with Crippen LogP contribution in [0.4, 0.5) is 0 Å². The summed E-state index contributed by atoms with van der Waals surface area (Å²) in [5, 5.41) is 0. The first kappa shape index (κ1) is 19.5. The Kier molecular flexibility index (Phi) is 6.53. The van der Waals surface area contributed by atoms with Crippen molar-refractivity contribution in [2.24, 2.45) is 5.92 Å². The molecule has 2 aromatic carbocycles. The lowest BCUT2D eigenvalue weighted by molar-refractivity contribution is 0.0937. The van der Waals surface area contributed by atoms with Gasteiger partial charge < -0.3 is 5.43 Å². The van der Waals surface area contributed by atoms with E-state index in [-0.39, 0.29) is 5.91 Å². The van der Waals surface area contributed by atoms with Crippen molar-refractivity contribution < 1.29 is 4.79 Å². The minimum absolute atomic E-state index is 0.162. The number of thiazole rings is 1. The molecule has 1 atom stereocenters.